The number of unbranched alkanes of at least 4 members (excludes halogenated alkanes) is 2. The molecule has 2 fully saturated rings. The molecular weight excluding hydrogens is 328 g/mol. The number of carbonyl (C=O) groups is 1. The smallest absolute Gasteiger partial charge is 0.272 e. The first-order valence-electron chi connectivity index (χ1n) is 9.83. The summed E-state index contributed by atoms with van der Waals surface area (Å²) in [6, 6.07) is 8.78. The van der Waals surface area contributed by atoms with Crippen LogP contribution in [0.5, 0.6) is 0 Å². The lowest BCUT2D eigenvalue weighted by Gasteiger charge is -2.48. The maximum atomic E-state index is 12.8. The predicted molar refractivity (Wildman–Crippen MR) is 101 cm³/mol. The molecule has 0 saturated carbocycles. The molecule has 1 aromatic heterocycles. The number of aromatic amines is 1. The third-order valence-electron chi connectivity index (χ3n) is 5.71. The van der Waals surface area contributed by atoms with Gasteiger partial charge in [0.1, 0.15) is 0 Å². The number of fused-ring (bicyclic) bond motifs is 3. The number of piperidine rings is 1. The van der Waals surface area contributed by atoms with Gasteiger partial charge in [-0.25, -0.2) is 0 Å². The third-order valence-corrected chi connectivity index (χ3v) is 5.71. The van der Waals surface area contributed by atoms with Crippen molar-refractivity contribution in [1.29, 1.82) is 0 Å². The van der Waals surface area contributed by atoms with E-state index in [2.05, 4.69) is 27.3 Å². The second kappa shape index (κ2) is 7.76. The number of aromatic nitrogens is 2. The molecule has 1 amide bonds. The molecule has 3 atom stereocenters. The molecule has 2 aromatic rings. The number of nitrogens with one attached hydrogen (secondary N) is 2. The molecule has 6 nitrogen and oxygen atoms in total. The lowest BCUT2D eigenvalue weighted by molar-refractivity contribution is -0.0803. The number of H-pyrrole nitrogens is 1. The van der Waals surface area contributed by atoms with Crippen molar-refractivity contribution in [3.8, 4) is 0 Å². The minimum Gasteiger partial charge on any atom is -0.378 e. The molecule has 6 heteroatoms. The molecule has 2 aliphatic rings. The first-order chi connectivity index (χ1) is 12.8. The zero-order valence-electron chi connectivity index (χ0n) is 15.4. The molecule has 26 heavy (non-hydrogen) atoms. The van der Waals surface area contributed by atoms with Gasteiger partial charge in [-0.3, -0.25) is 14.8 Å². The van der Waals surface area contributed by atoms with Crippen LogP contribution in [0, 0.1) is 0 Å². The van der Waals surface area contributed by atoms with Crippen molar-refractivity contribution in [1.82, 2.24) is 20.4 Å². The number of ether oxygens (including phenoxy) is 1. The number of benzene rings is 1. The monoisotopic (exact) mass is 356 g/mol. The molecule has 1 aromatic carbocycles. The van der Waals surface area contributed by atoms with Crippen molar-refractivity contribution in [3.63, 3.8) is 0 Å². The molecular formula is C20H28N4O2. The Hall–Kier alpha value is -1.92. The first-order valence-corrected chi connectivity index (χ1v) is 9.83. The largest absolute Gasteiger partial charge is 0.378 e. The van der Waals surface area contributed by atoms with E-state index < -0.39 is 0 Å². The van der Waals surface area contributed by atoms with Gasteiger partial charge in [0.25, 0.3) is 5.91 Å². The number of carbonyl (C=O) groups excluding carboxylic acids is 1. The molecule has 1 unspecified atom stereocenters. The van der Waals surface area contributed by atoms with Crippen molar-refractivity contribution in [3.05, 3.63) is 30.0 Å². The van der Waals surface area contributed by atoms with Crippen molar-refractivity contribution in [2.45, 2.75) is 57.2 Å². The van der Waals surface area contributed by atoms with Crippen LogP contribution < -0.4 is 5.32 Å². The summed E-state index contributed by atoms with van der Waals surface area (Å²) in [7, 11) is 0. The Kier molecular flexibility index (Phi) is 5.22. The van der Waals surface area contributed by atoms with Crippen molar-refractivity contribution < 1.29 is 9.53 Å². The van der Waals surface area contributed by atoms with Crippen LogP contribution in [0.3, 0.4) is 0 Å². The Morgan fingerprint density at radius 1 is 1.27 bits per heavy atom. The van der Waals surface area contributed by atoms with E-state index in [9.17, 15) is 4.79 Å². The summed E-state index contributed by atoms with van der Waals surface area (Å²) in [5, 5.41) is 11.3. The predicted octanol–water partition coefficient (Wildman–Crippen LogP) is 2.71. The van der Waals surface area contributed by atoms with Gasteiger partial charge in [-0.05, 0) is 31.9 Å². The van der Waals surface area contributed by atoms with E-state index in [0.29, 0.717) is 17.8 Å². The van der Waals surface area contributed by atoms with Crippen molar-refractivity contribution in [2.24, 2.45) is 0 Å². The lowest BCUT2D eigenvalue weighted by atomic mass is 9.89. The quantitative estimate of drug-likeness (QED) is 0.781. The van der Waals surface area contributed by atoms with Gasteiger partial charge in [-0.1, -0.05) is 38.0 Å². The molecule has 0 spiro atoms. The highest BCUT2D eigenvalue weighted by atomic mass is 16.5. The van der Waals surface area contributed by atoms with E-state index >= 15 is 0 Å². The molecule has 2 N–H and O–H groups in total. The van der Waals surface area contributed by atoms with E-state index in [1.54, 1.807) is 0 Å². The van der Waals surface area contributed by atoms with E-state index in [1.165, 1.54) is 19.3 Å². The third kappa shape index (κ3) is 3.48. The first kappa shape index (κ1) is 17.5. The van der Waals surface area contributed by atoms with Gasteiger partial charge in [0, 0.05) is 23.5 Å². The number of morpholine rings is 1. The molecule has 2 saturated heterocycles. The number of para-hydroxylation sites is 1. The number of amides is 1. The summed E-state index contributed by atoms with van der Waals surface area (Å²) in [6.45, 7) is 4.95. The summed E-state index contributed by atoms with van der Waals surface area (Å²) in [5.41, 5.74) is 1.39. The van der Waals surface area contributed by atoms with Crippen LogP contribution in [0.1, 0.15) is 49.5 Å². The minimum atomic E-state index is -0.0779. The number of rotatable bonds is 6. The summed E-state index contributed by atoms with van der Waals surface area (Å²) in [6.07, 6.45) is 5.69. The highest BCUT2D eigenvalue weighted by molar-refractivity contribution is 6.04. The summed E-state index contributed by atoms with van der Waals surface area (Å²) in [4.78, 5) is 15.4. The zero-order chi connectivity index (χ0) is 17.9. The second-order valence-electron chi connectivity index (χ2n) is 7.55. The number of hydrogen-bond acceptors (Lipinski definition) is 4. The molecule has 0 aliphatic carbocycles. The Balaban J connectivity index is 1.41. The molecule has 3 heterocycles. The van der Waals surface area contributed by atoms with Crippen LogP contribution in [-0.4, -0.2) is 58.9 Å². The van der Waals surface area contributed by atoms with E-state index in [-0.39, 0.29) is 11.9 Å². The standard InChI is InChI=1S/C20H28N4O2/c1-2-3-6-9-24-15-10-14(11-16(24)13-26-12-15)21-20(25)19-17-7-4-5-8-18(17)22-23-19/h4-5,7-8,14-16H,2-3,6,9-13H2,1H3,(H,21,25)(H,22,23)/t14?,15-,16+. The Morgan fingerprint density at radius 2 is 2.04 bits per heavy atom. The van der Waals surface area contributed by atoms with Crippen LogP contribution in [-0.2, 0) is 4.74 Å². The van der Waals surface area contributed by atoms with Crippen LogP contribution in [0.25, 0.3) is 10.9 Å². The minimum absolute atomic E-state index is 0.0779. The van der Waals surface area contributed by atoms with Gasteiger partial charge in [0.05, 0.1) is 18.7 Å². The molecule has 2 aliphatic heterocycles. The lowest BCUT2D eigenvalue weighted by Crippen LogP contribution is -2.60. The topological polar surface area (TPSA) is 70.2 Å². The highest BCUT2D eigenvalue weighted by Gasteiger charge is 2.39. The van der Waals surface area contributed by atoms with Crippen LogP contribution >= 0.6 is 0 Å². The van der Waals surface area contributed by atoms with Gasteiger partial charge < -0.3 is 10.1 Å². The normalized spacial score (nSPS) is 26.1. The fourth-order valence-electron chi connectivity index (χ4n) is 4.41. The molecule has 2 bridgehead atoms. The fourth-order valence-corrected chi connectivity index (χ4v) is 4.41. The summed E-state index contributed by atoms with van der Waals surface area (Å²) in [5.74, 6) is -0.0779. The number of hydrogen-bond donors (Lipinski definition) is 2. The second-order valence-corrected chi connectivity index (χ2v) is 7.55. The van der Waals surface area contributed by atoms with E-state index in [4.69, 9.17) is 4.74 Å². The SMILES string of the molecule is CCCCCN1[C@@H]2COC[C@H]1CC(NC(=O)c1n[nH]c3ccccc13)C2. The highest BCUT2D eigenvalue weighted by Crippen LogP contribution is 2.28. The van der Waals surface area contributed by atoms with Crippen LogP contribution in [0.4, 0.5) is 0 Å². The maximum absolute atomic E-state index is 12.8. The average molecular weight is 356 g/mol. The van der Waals surface area contributed by atoms with Gasteiger partial charge in [0.2, 0.25) is 0 Å². The fraction of sp³-hybridized carbons (Fsp3) is 0.600. The van der Waals surface area contributed by atoms with Gasteiger partial charge in [-0.2, -0.15) is 5.10 Å². The van der Waals surface area contributed by atoms with Gasteiger partial charge in [-0.15, -0.1) is 0 Å². The molecule has 140 valence electrons. The van der Waals surface area contributed by atoms with Gasteiger partial charge >= 0.3 is 0 Å². The van der Waals surface area contributed by atoms with Gasteiger partial charge in [0.15, 0.2) is 5.69 Å². The average Bonchev–Trinajstić information content (AvgIpc) is 3.06. The van der Waals surface area contributed by atoms with E-state index in [0.717, 1.165) is 43.5 Å². The number of nitrogens with zero attached hydrogens (tertiary/aromatic N) is 2. The Labute approximate surface area is 154 Å². The van der Waals surface area contributed by atoms with Crippen LogP contribution in [0.2, 0.25) is 0 Å². The van der Waals surface area contributed by atoms with Crippen LogP contribution in [0.15, 0.2) is 24.3 Å². The summed E-state index contributed by atoms with van der Waals surface area (Å²) < 4.78 is 5.78. The Morgan fingerprint density at radius 3 is 2.81 bits per heavy atom. The maximum Gasteiger partial charge on any atom is 0.272 e. The zero-order valence-corrected chi connectivity index (χ0v) is 15.4. The van der Waals surface area contributed by atoms with Crippen molar-refractivity contribution >= 4 is 16.8 Å². The van der Waals surface area contributed by atoms with E-state index in [1.807, 2.05) is 24.3 Å². The summed E-state index contributed by atoms with van der Waals surface area (Å²) >= 11 is 0. The molecule has 4 rings (SSSR count). The van der Waals surface area contributed by atoms with Crippen molar-refractivity contribution in [2.75, 3.05) is 19.8 Å². The Bertz CT molecular complexity index is 745. The molecule has 0 radical (unpaired) electrons.